The molecule has 3 aromatic carbocycles. The molecule has 212 valence electrons. The van der Waals surface area contributed by atoms with Gasteiger partial charge in [-0.15, -0.1) is 11.8 Å². The third-order valence-corrected chi connectivity index (χ3v) is 8.13. The van der Waals surface area contributed by atoms with E-state index in [2.05, 4.69) is 22.6 Å². The first-order valence-electron chi connectivity index (χ1n) is 12.8. The van der Waals surface area contributed by atoms with Crippen LogP contribution in [-0.2, 0) is 25.6 Å². The fraction of sp³-hybridized carbons (Fsp3) is 0.333. The van der Waals surface area contributed by atoms with Gasteiger partial charge in [0.1, 0.15) is 36.1 Å². The summed E-state index contributed by atoms with van der Waals surface area (Å²) < 4.78 is 30.1. The summed E-state index contributed by atoms with van der Waals surface area (Å²) in [6.07, 6.45) is -4.02. The van der Waals surface area contributed by atoms with Gasteiger partial charge < -0.3 is 28.8 Å². The molecule has 5 atom stereocenters. The van der Waals surface area contributed by atoms with Crippen molar-refractivity contribution in [2.75, 3.05) is 19.5 Å². The minimum Gasteiger partial charge on any atom is -0.496 e. The molecule has 0 aromatic heterocycles. The number of carbonyl (C=O) groups is 2. The van der Waals surface area contributed by atoms with Gasteiger partial charge in [-0.05, 0) is 70.3 Å². The minimum atomic E-state index is -1.25. The Balaban J connectivity index is 1.55. The van der Waals surface area contributed by atoms with E-state index in [-0.39, 0.29) is 13.2 Å². The largest absolute Gasteiger partial charge is 0.496 e. The Morgan fingerprint density at radius 3 is 2.20 bits per heavy atom. The number of benzene rings is 3. The van der Waals surface area contributed by atoms with Crippen LogP contribution in [0.2, 0.25) is 0 Å². The van der Waals surface area contributed by atoms with Crippen molar-refractivity contribution in [1.29, 1.82) is 0 Å². The van der Waals surface area contributed by atoms with Crippen LogP contribution in [0.15, 0.2) is 78.9 Å². The van der Waals surface area contributed by atoms with Gasteiger partial charge in [-0.25, -0.2) is 9.59 Å². The lowest BCUT2D eigenvalue weighted by Gasteiger charge is -2.43. The fourth-order valence-corrected chi connectivity index (χ4v) is 5.99. The molecule has 1 saturated heterocycles. The lowest BCUT2D eigenvalue weighted by Crippen LogP contribution is -2.60. The first-order valence-corrected chi connectivity index (χ1v) is 14.9. The van der Waals surface area contributed by atoms with Gasteiger partial charge in [0.2, 0.25) is 0 Å². The van der Waals surface area contributed by atoms with E-state index in [1.54, 1.807) is 61.7 Å². The van der Waals surface area contributed by atoms with Crippen molar-refractivity contribution in [1.82, 2.24) is 0 Å². The number of aliphatic hydroxyl groups excluding tert-OH is 1. The molecule has 0 aliphatic carbocycles. The fourth-order valence-electron chi connectivity index (χ4n) is 4.23. The number of esters is 2. The number of hydrogen-bond donors (Lipinski definition) is 1. The smallest absolute Gasteiger partial charge is 0.338 e. The number of rotatable bonds is 11. The summed E-state index contributed by atoms with van der Waals surface area (Å²) in [5, 5.41) is 11.5. The number of aliphatic hydroxyl groups is 1. The van der Waals surface area contributed by atoms with E-state index in [1.807, 2.05) is 31.2 Å². The average Bonchev–Trinajstić information content (AvgIpc) is 2.98. The highest BCUT2D eigenvalue weighted by molar-refractivity contribution is 14.1. The van der Waals surface area contributed by atoms with Gasteiger partial charge in [0.25, 0.3) is 0 Å². The Morgan fingerprint density at radius 1 is 0.950 bits per heavy atom. The number of methoxy groups -OCH3 is 1. The molecule has 1 aliphatic heterocycles. The summed E-state index contributed by atoms with van der Waals surface area (Å²) in [7, 11) is 1.60. The van der Waals surface area contributed by atoms with Crippen LogP contribution in [0.25, 0.3) is 0 Å². The second-order valence-electron chi connectivity index (χ2n) is 8.93. The monoisotopic (exact) mass is 678 g/mol. The molecule has 1 heterocycles. The van der Waals surface area contributed by atoms with Crippen LogP contribution in [0.5, 0.6) is 5.75 Å². The van der Waals surface area contributed by atoms with Crippen molar-refractivity contribution in [2.45, 2.75) is 43.4 Å². The number of carbonyl (C=O) groups excluding carboxylic acids is 2. The van der Waals surface area contributed by atoms with Crippen molar-refractivity contribution < 1.29 is 38.4 Å². The molecule has 1 fully saturated rings. The zero-order chi connectivity index (χ0) is 28.5. The van der Waals surface area contributed by atoms with Crippen LogP contribution in [0.1, 0.15) is 33.2 Å². The van der Waals surface area contributed by atoms with Crippen molar-refractivity contribution in [2.24, 2.45) is 0 Å². The van der Waals surface area contributed by atoms with Crippen LogP contribution in [0, 0.1) is 3.57 Å². The van der Waals surface area contributed by atoms with Crippen molar-refractivity contribution in [3.8, 4) is 5.75 Å². The molecule has 4 rings (SSSR count). The van der Waals surface area contributed by atoms with Gasteiger partial charge in [0, 0.05) is 0 Å². The van der Waals surface area contributed by atoms with Crippen LogP contribution >= 0.6 is 34.4 Å². The Bertz CT molecular complexity index is 1260. The molecular formula is C30H31IO8S. The summed E-state index contributed by atoms with van der Waals surface area (Å²) in [4.78, 5) is 25.6. The molecule has 10 heteroatoms. The SMILES string of the molecule is CCS[C@@H]1O[C@H](COC(=O)c2ccccc2)[C@H](OCc2ccc(OC)c(I)c2)[C@H](O)[C@H]1OC(=O)c1ccccc1. The Morgan fingerprint density at radius 2 is 1.60 bits per heavy atom. The minimum absolute atomic E-state index is 0.138. The van der Waals surface area contributed by atoms with Gasteiger partial charge in [0.05, 0.1) is 28.4 Å². The van der Waals surface area contributed by atoms with Crippen molar-refractivity contribution in [3.05, 3.63) is 99.1 Å². The molecule has 0 saturated carbocycles. The second-order valence-corrected chi connectivity index (χ2v) is 11.5. The van der Waals surface area contributed by atoms with Crippen LogP contribution < -0.4 is 4.74 Å². The zero-order valence-electron chi connectivity index (χ0n) is 22.1. The topological polar surface area (TPSA) is 101 Å². The molecule has 0 bridgehead atoms. The van der Waals surface area contributed by atoms with E-state index >= 15 is 0 Å². The molecule has 0 spiro atoms. The van der Waals surface area contributed by atoms with Gasteiger partial charge in [-0.2, -0.15) is 0 Å². The molecule has 0 amide bonds. The number of thioether (sulfide) groups is 1. The molecule has 1 N–H and O–H groups in total. The van der Waals surface area contributed by atoms with Crippen LogP contribution in [-0.4, -0.2) is 66.4 Å². The van der Waals surface area contributed by atoms with E-state index in [1.165, 1.54) is 11.8 Å². The third kappa shape index (κ3) is 7.76. The van der Waals surface area contributed by atoms with E-state index < -0.39 is 41.8 Å². The Hall–Kier alpha value is -2.64. The lowest BCUT2D eigenvalue weighted by atomic mass is 9.99. The summed E-state index contributed by atoms with van der Waals surface area (Å²) in [6, 6.07) is 22.8. The maximum atomic E-state index is 12.9. The van der Waals surface area contributed by atoms with E-state index in [0.717, 1.165) is 14.9 Å². The van der Waals surface area contributed by atoms with Gasteiger partial charge >= 0.3 is 11.9 Å². The highest BCUT2D eigenvalue weighted by Crippen LogP contribution is 2.33. The lowest BCUT2D eigenvalue weighted by molar-refractivity contribution is -0.224. The maximum Gasteiger partial charge on any atom is 0.338 e. The van der Waals surface area contributed by atoms with Crippen LogP contribution in [0.4, 0.5) is 0 Å². The number of hydrogen-bond acceptors (Lipinski definition) is 9. The summed E-state index contributed by atoms with van der Waals surface area (Å²) in [6.45, 7) is 1.92. The standard InChI is InChI=1S/C30H31IO8S/c1-3-40-30-27(39-29(34)21-12-8-5-9-13-21)25(32)26(36-17-19-14-15-23(35-2)22(31)16-19)24(38-30)18-37-28(33)20-10-6-4-7-11-20/h4-16,24-27,30,32H,3,17-18H2,1-2H3/t24-,25+,26+,27-,30+/m1/s1. The highest BCUT2D eigenvalue weighted by Gasteiger charge is 2.48. The van der Waals surface area contributed by atoms with E-state index in [9.17, 15) is 14.7 Å². The predicted molar refractivity (Wildman–Crippen MR) is 159 cm³/mol. The molecule has 0 unspecified atom stereocenters. The number of ether oxygens (including phenoxy) is 5. The summed E-state index contributed by atoms with van der Waals surface area (Å²) in [5.74, 6) is 0.290. The molecule has 1 aliphatic rings. The Labute approximate surface area is 251 Å². The van der Waals surface area contributed by atoms with Crippen molar-refractivity contribution in [3.63, 3.8) is 0 Å². The van der Waals surface area contributed by atoms with Gasteiger partial charge in [-0.1, -0.05) is 49.4 Å². The molecule has 0 radical (unpaired) electrons. The van der Waals surface area contributed by atoms with Crippen molar-refractivity contribution >= 4 is 46.3 Å². The summed E-state index contributed by atoms with van der Waals surface area (Å²) >= 11 is 3.56. The van der Waals surface area contributed by atoms with E-state index in [0.29, 0.717) is 16.9 Å². The first kappa shape index (κ1) is 30.3. The molecule has 3 aromatic rings. The second kappa shape index (κ2) is 14.8. The third-order valence-electron chi connectivity index (χ3n) is 6.25. The van der Waals surface area contributed by atoms with E-state index in [4.69, 9.17) is 23.7 Å². The summed E-state index contributed by atoms with van der Waals surface area (Å²) in [5.41, 5.74) is 0.910. The zero-order valence-corrected chi connectivity index (χ0v) is 25.1. The maximum absolute atomic E-state index is 12.9. The number of halogens is 1. The quantitative estimate of drug-likeness (QED) is 0.219. The van der Waals surface area contributed by atoms with Crippen LogP contribution in [0.3, 0.4) is 0 Å². The normalized spacial score (nSPS) is 22.4. The molecule has 40 heavy (non-hydrogen) atoms. The first-order chi connectivity index (χ1) is 19.4. The molecule has 8 nitrogen and oxygen atoms in total. The predicted octanol–water partition coefficient (Wildman–Crippen LogP) is 5.11. The molecular weight excluding hydrogens is 647 g/mol. The van der Waals surface area contributed by atoms with Gasteiger partial charge in [0.15, 0.2) is 6.10 Å². The van der Waals surface area contributed by atoms with Gasteiger partial charge in [-0.3, -0.25) is 0 Å². The Kier molecular flexibility index (Phi) is 11.2. The average molecular weight is 679 g/mol. The highest BCUT2D eigenvalue weighted by atomic mass is 127.